The Morgan fingerprint density at radius 2 is 1.29 bits per heavy atom. The number of halogens is 2. The zero-order valence-corrected chi connectivity index (χ0v) is 21.8. The van der Waals surface area contributed by atoms with Crippen LogP contribution in [0, 0.1) is 13.8 Å². The molecular formula is C24H26Cl2SiZr. The molecule has 4 aromatic rings. The molecule has 0 N–H and O–H groups in total. The van der Waals surface area contributed by atoms with Gasteiger partial charge in [0.25, 0.3) is 0 Å². The van der Waals surface area contributed by atoms with Gasteiger partial charge in [-0.2, -0.15) is 18.2 Å². The average Bonchev–Trinajstić information content (AvgIpc) is 3.27. The van der Waals surface area contributed by atoms with Crippen LogP contribution in [0.4, 0.5) is 0 Å². The van der Waals surface area contributed by atoms with Gasteiger partial charge in [0.2, 0.25) is 0 Å². The first kappa shape index (κ1) is 29.3. The van der Waals surface area contributed by atoms with E-state index in [-0.39, 0.29) is 51.0 Å². The van der Waals surface area contributed by atoms with Crippen LogP contribution in [0.5, 0.6) is 0 Å². The van der Waals surface area contributed by atoms with Crippen LogP contribution in [0.25, 0.3) is 21.9 Å². The third kappa shape index (κ3) is 9.52. The molecule has 144 valence electrons. The van der Waals surface area contributed by atoms with Crippen LogP contribution < -0.4 is 24.8 Å². The fourth-order valence-corrected chi connectivity index (χ4v) is 2.78. The molecular weight excluding hydrogens is 478 g/mol. The van der Waals surface area contributed by atoms with Crippen LogP contribution in [0.15, 0.2) is 84.9 Å². The molecule has 0 aliphatic rings. The molecule has 0 saturated carbocycles. The maximum absolute atomic E-state index is 2.27. The van der Waals surface area contributed by atoms with E-state index in [0.717, 1.165) is 9.52 Å². The summed E-state index contributed by atoms with van der Waals surface area (Å²) in [6.45, 7) is 8.61. The van der Waals surface area contributed by atoms with Crippen molar-refractivity contribution < 1.29 is 51.0 Å². The molecule has 0 aromatic heterocycles. The molecule has 0 fully saturated rings. The van der Waals surface area contributed by atoms with E-state index in [1.165, 1.54) is 33.0 Å². The molecule has 0 spiro atoms. The van der Waals surface area contributed by atoms with Gasteiger partial charge in [-0.25, -0.2) is 12.1 Å². The zero-order chi connectivity index (χ0) is 18.1. The Kier molecular flexibility index (Phi) is 16.7. The Bertz CT molecular complexity index is 812. The maximum Gasteiger partial charge on any atom is 4.00 e. The number of hydrogen-bond acceptors (Lipinski definition) is 0. The first-order valence-electron chi connectivity index (χ1n) is 8.63. The van der Waals surface area contributed by atoms with Gasteiger partial charge < -0.3 is 24.8 Å². The Hall–Kier alpha value is -0.920. The molecule has 4 aromatic carbocycles. The van der Waals surface area contributed by atoms with Gasteiger partial charge in [0.1, 0.15) is 0 Å². The Labute approximate surface area is 204 Å². The van der Waals surface area contributed by atoms with Crippen LogP contribution in [-0.2, 0) is 26.2 Å². The van der Waals surface area contributed by atoms with Crippen LogP contribution in [0.3, 0.4) is 0 Å². The Morgan fingerprint density at radius 3 is 1.75 bits per heavy atom. The summed E-state index contributed by atoms with van der Waals surface area (Å²) in [5, 5.41) is 2.64. The number of benzene rings is 2. The number of fused-ring (bicyclic) bond motifs is 1. The predicted molar refractivity (Wildman–Crippen MR) is 114 cm³/mol. The molecule has 28 heavy (non-hydrogen) atoms. The van der Waals surface area contributed by atoms with Gasteiger partial charge in [0, 0.05) is 9.52 Å². The van der Waals surface area contributed by atoms with Crippen molar-refractivity contribution in [1.29, 1.82) is 0 Å². The van der Waals surface area contributed by atoms with E-state index in [9.17, 15) is 0 Å². The van der Waals surface area contributed by atoms with Crippen LogP contribution in [0.2, 0.25) is 13.1 Å². The second kappa shape index (κ2) is 15.9. The van der Waals surface area contributed by atoms with Gasteiger partial charge in [-0.3, -0.25) is 0 Å². The van der Waals surface area contributed by atoms with Crippen LogP contribution >= 0.6 is 0 Å². The van der Waals surface area contributed by atoms with Crippen LogP contribution in [-0.4, -0.2) is 9.52 Å². The minimum atomic E-state index is 0. The van der Waals surface area contributed by atoms with E-state index in [1.54, 1.807) is 0 Å². The third-order valence-electron chi connectivity index (χ3n) is 3.73. The SMILES string of the molecule is C[Si]C.Cc1cc(C)cc(-c2cc3ccccc3[cH-]2)c1.[Cl-].[Cl-].[Zr+4].c1cc[cH-]c1. The van der Waals surface area contributed by atoms with Crippen LogP contribution in [0.1, 0.15) is 11.1 Å². The molecule has 0 saturated heterocycles. The average molecular weight is 505 g/mol. The van der Waals surface area contributed by atoms with Crippen molar-refractivity contribution in [2.24, 2.45) is 0 Å². The zero-order valence-electron chi connectivity index (χ0n) is 16.8. The molecule has 0 aliphatic carbocycles. The summed E-state index contributed by atoms with van der Waals surface area (Å²) in [6.07, 6.45) is 0. The van der Waals surface area contributed by atoms with Crippen molar-refractivity contribution >= 4 is 20.3 Å². The molecule has 0 heterocycles. The van der Waals surface area contributed by atoms with Gasteiger partial charge in [-0.15, -0.1) is 34.5 Å². The van der Waals surface area contributed by atoms with E-state index in [2.05, 4.69) is 81.5 Å². The monoisotopic (exact) mass is 502 g/mol. The van der Waals surface area contributed by atoms with E-state index in [4.69, 9.17) is 0 Å². The largest absolute Gasteiger partial charge is 4.00 e. The van der Waals surface area contributed by atoms with E-state index in [1.807, 2.05) is 30.3 Å². The van der Waals surface area contributed by atoms with Crippen molar-refractivity contribution in [2.75, 3.05) is 0 Å². The minimum absolute atomic E-state index is 0. The second-order valence-electron chi connectivity index (χ2n) is 6.21. The maximum atomic E-state index is 2.27. The van der Waals surface area contributed by atoms with Crippen molar-refractivity contribution in [1.82, 2.24) is 0 Å². The van der Waals surface area contributed by atoms with Gasteiger partial charge in [-0.05, 0) is 13.8 Å². The smallest absolute Gasteiger partial charge is 1.00 e. The molecule has 4 heteroatoms. The molecule has 2 radical (unpaired) electrons. The van der Waals surface area contributed by atoms with Gasteiger partial charge >= 0.3 is 26.2 Å². The summed E-state index contributed by atoms with van der Waals surface area (Å²) in [7, 11) is 1.08. The second-order valence-corrected chi connectivity index (χ2v) is 7.21. The Balaban J connectivity index is 0. The molecule has 0 nitrogen and oxygen atoms in total. The number of aryl methyl sites for hydroxylation is 2. The first-order chi connectivity index (χ1) is 12.1. The predicted octanol–water partition coefficient (Wildman–Crippen LogP) is 1.04. The summed E-state index contributed by atoms with van der Waals surface area (Å²) < 4.78 is 0. The molecule has 4 rings (SSSR count). The standard InChI is InChI=1S/C17H15.C5H5.C2H6Si.2ClH.Zr/c1-12-7-13(2)9-16(8-12)17-10-14-5-3-4-6-15(14)11-17;1-2-4-5-3-1;1-3-2;;;/h3-11H,1-2H3;1-5H;1-2H3;2*1H;/q2*-1;;;;+4/p-2. The van der Waals surface area contributed by atoms with Crippen molar-refractivity contribution in [3.05, 3.63) is 96.1 Å². The van der Waals surface area contributed by atoms with Crippen molar-refractivity contribution in [3.8, 4) is 11.1 Å². The molecule has 0 atom stereocenters. The van der Waals surface area contributed by atoms with Crippen molar-refractivity contribution in [2.45, 2.75) is 26.9 Å². The van der Waals surface area contributed by atoms with E-state index in [0.29, 0.717) is 0 Å². The van der Waals surface area contributed by atoms with E-state index < -0.39 is 0 Å². The Morgan fingerprint density at radius 1 is 0.750 bits per heavy atom. The summed E-state index contributed by atoms with van der Waals surface area (Å²) >= 11 is 0. The fraction of sp³-hybridized carbons (Fsp3) is 0.167. The summed E-state index contributed by atoms with van der Waals surface area (Å²) in [6, 6.07) is 29.8. The normalized spacial score (nSPS) is 8.71. The minimum Gasteiger partial charge on any atom is -1.00 e. The third-order valence-corrected chi connectivity index (χ3v) is 3.73. The molecule has 0 unspecified atom stereocenters. The molecule has 0 amide bonds. The van der Waals surface area contributed by atoms with Gasteiger partial charge in [-0.1, -0.05) is 66.2 Å². The first-order valence-corrected chi connectivity index (χ1v) is 10.6. The van der Waals surface area contributed by atoms with E-state index >= 15 is 0 Å². The van der Waals surface area contributed by atoms with Gasteiger partial charge in [0.05, 0.1) is 0 Å². The number of hydrogen-bond donors (Lipinski definition) is 0. The quantitative estimate of drug-likeness (QED) is 0.269. The summed E-state index contributed by atoms with van der Waals surface area (Å²) in [5.41, 5.74) is 5.28. The topological polar surface area (TPSA) is 0 Å². The fourth-order valence-electron chi connectivity index (χ4n) is 2.78. The van der Waals surface area contributed by atoms with Crippen molar-refractivity contribution in [3.63, 3.8) is 0 Å². The molecule has 0 bridgehead atoms. The number of rotatable bonds is 1. The summed E-state index contributed by atoms with van der Waals surface area (Å²) in [5.74, 6) is 0. The summed E-state index contributed by atoms with van der Waals surface area (Å²) in [4.78, 5) is 0. The molecule has 0 aliphatic heterocycles. The van der Waals surface area contributed by atoms with Gasteiger partial charge in [0.15, 0.2) is 0 Å².